The van der Waals surface area contributed by atoms with Crippen molar-refractivity contribution in [2.45, 2.75) is 57.8 Å². The first kappa shape index (κ1) is 22.4. The number of rotatable bonds is 4. The van der Waals surface area contributed by atoms with Gasteiger partial charge < -0.3 is 5.32 Å². The first-order chi connectivity index (χ1) is 16.1. The van der Waals surface area contributed by atoms with E-state index < -0.39 is 17.8 Å². The van der Waals surface area contributed by atoms with Gasteiger partial charge in [0.2, 0.25) is 0 Å². The van der Waals surface area contributed by atoms with Crippen molar-refractivity contribution in [2.24, 2.45) is 7.05 Å². The average Bonchev–Trinajstić information content (AvgIpc) is 3.41. The standard InChI is InChI=1S/C25H26F3N5O/c1-14(16-7-6-8-17(11-16)25(26,27)28)29-23-20-13-22-21(12-19(20)15(2)30-31-23)32(3)24(34)33(22)18-9-4-5-10-18/h6-8,11-14,18H,4-5,9-10H2,1-3H3,(H,29,31)/t14-/m1/s1. The second-order valence-corrected chi connectivity index (χ2v) is 9.16. The molecule has 0 amide bonds. The van der Waals surface area contributed by atoms with E-state index in [-0.39, 0.29) is 11.7 Å². The zero-order valence-corrected chi connectivity index (χ0v) is 19.3. The normalized spacial score (nSPS) is 15.9. The molecule has 1 saturated carbocycles. The smallest absolute Gasteiger partial charge is 0.362 e. The highest BCUT2D eigenvalue weighted by molar-refractivity contribution is 6.01. The van der Waals surface area contributed by atoms with Gasteiger partial charge in [0.05, 0.1) is 28.3 Å². The topological polar surface area (TPSA) is 64.7 Å². The van der Waals surface area contributed by atoms with Crippen LogP contribution in [-0.2, 0) is 13.2 Å². The third kappa shape index (κ3) is 3.73. The number of nitrogens with zero attached hydrogens (tertiary/aromatic N) is 4. The van der Waals surface area contributed by atoms with Crippen molar-refractivity contribution >= 4 is 27.6 Å². The molecule has 0 bridgehead atoms. The van der Waals surface area contributed by atoms with Crippen molar-refractivity contribution in [3.63, 3.8) is 0 Å². The lowest BCUT2D eigenvalue weighted by Crippen LogP contribution is -2.24. The number of aromatic nitrogens is 4. The number of alkyl halides is 3. The maximum Gasteiger partial charge on any atom is 0.416 e. The molecule has 4 aromatic rings. The fourth-order valence-corrected chi connectivity index (χ4v) is 5.03. The molecule has 2 aromatic carbocycles. The Morgan fingerprint density at radius 2 is 1.76 bits per heavy atom. The van der Waals surface area contributed by atoms with Crippen molar-refractivity contribution in [2.75, 3.05) is 5.32 Å². The fraction of sp³-hybridized carbons (Fsp3) is 0.400. The summed E-state index contributed by atoms with van der Waals surface area (Å²) in [7, 11) is 1.78. The molecular formula is C25H26F3N5O. The van der Waals surface area contributed by atoms with E-state index >= 15 is 0 Å². The van der Waals surface area contributed by atoms with Gasteiger partial charge in [-0.3, -0.25) is 9.13 Å². The fourth-order valence-electron chi connectivity index (χ4n) is 5.03. The van der Waals surface area contributed by atoms with Gasteiger partial charge in [-0.1, -0.05) is 25.0 Å². The highest BCUT2D eigenvalue weighted by atomic mass is 19.4. The Kier molecular flexibility index (Phi) is 5.37. The number of fused-ring (bicyclic) bond motifs is 2. The van der Waals surface area contributed by atoms with Gasteiger partial charge in [-0.2, -0.15) is 18.3 Å². The highest BCUT2D eigenvalue weighted by Crippen LogP contribution is 2.35. The van der Waals surface area contributed by atoms with Crippen molar-refractivity contribution in [3.05, 3.63) is 63.7 Å². The van der Waals surface area contributed by atoms with Gasteiger partial charge in [0.25, 0.3) is 0 Å². The van der Waals surface area contributed by atoms with Crippen LogP contribution < -0.4 is 11.0 Å². The third-order valence-corrected chi connectivity index (χ3v) is 6.93. The lowest BCUT2D eigenvalue weighted by Gasteiger charge is -2.18. The zero-order chi connectivity index (χ0) is 24.2. The van der Waals surface area contributed by atoms with E-state index in [9.17, 15) is 18.0 Å². The SMILES string of the molecule is Cc1nnc(N[C@H](C)c2cccc(C(F)(F)F)c2)c2cc3c(cc12)n(C)c(=O)n3C1CCCC1. The van der Waals surface area contributed by atoms with Gasteiger partial charge in [0, 0.05) is 23.9 Å². The molecule has 1 N–H and O–H groups in total. The predicted octanol–water partition coefficient (Wildman–Crippen LogP) is 5.90. The molecule has 1 aliphatic rings. The molecule has 5 rings (SSSR count). The monoisotopic (exact) mass is 469 g/mol. The van der Waals surface area contributed by atoms with Crippen LogP contribution in [0.3, 0.4) is 0 Å². The van der Waals surface area contributed by atoms with Crippen LogP contribution in [0.15, 0.2) is 41.2 Å². The quantitative estimate of drug-likeness (QED) is 0.404. The number of nitrogens with one attached hydrogen (secondary N) is 1. The summed E-state index contributed by atoms with van der Waals surface area (Å²) in [6.07, 6.45) is -0.250. The number of anilines is 1. The largest absolute Gasteiger partial charge is 0.416 e. The Hall–Kier alpha value is -3.36. The Bertz CT molecular complexity index is 1450. The van der Waals surface area contributed by atoms with Crippen LogP contribution in [0.5, 0.6) is 0 Å². The van der Waals surface area contributed by atoms with Gasteiger partial charge in [-0.05, 0) is 56.5 Å². The maximum absolute atomic E-state index is 13.2. The number of halogens is 3. The summed E-state index contributed by atoms with van der Waals surface area (Å²) >= 11 is 0. The Morgan fingerprint density at radius 3 is 2.47 bits per heavy atom. The molecule has 1 atom stereocenters. The predicted molar refractivity (Wildman–Crippen MR) is 126 cm³/mol. The van der Waals surface area contributed by atoms with E-state index in [4.69, 9.17) is 0 Å². The summed E-state index contributed by atoms with van der Waals surface area (Å²) in [5, 5.41) is 13.5. The summed E-state index contributed by atoms with van der Waals surface area (Å²) in [6.45, 7) is 3.64. The van der Waals surface area contributed by atoms with Crippen LogP contribution in [0.1, 0.15) is 61.5 Å². The van der Waals surface area contributed by atoms with Crippen molar-refractivity contribution < 1.29 is 13.2 Å². The minimum atomic E-state index is -4.41. The van der Waals surface area contributed by atoms with Crippen molar-refractivity contribution in [3.8, 4) is 0 Å². The number of hydrogen-bond donors (Lipinski definition) is 1. The molecule has 6 nitrogen and oxygen atoms in total. The summed E-state index contributed by atoms with van der Waals surface area (Å²) in [5.41, 5.74) is 2.16. The van der Waals surface area contributed by atoms with Gasteiger partial charge in [-0.15, -0.1) is 5.10 Å². The minimum Gasteiger partial charge on any atom is -0.362 e. The van der Waals surface area contributed by atoms with E-state index in [1.165, 1.54) is 6.07 Å². The van der Waals surface area contributed by atoms with Crippen LogP contribution in [0, 0.1) is 6.92 Å². The van der Waals surface area contributed by atoms with Crippen LogP contribution in [0.4, 0.5) is 19.0 Å². The molecule has 1 aliphatic carbocycles. The molecule has 0 spiro atoms. The molecule has 0 aliphatic heterocycles. The van der Waals surface area contributed by atoms with E-state index in [0.717, 1.165) is 65.3 Å². The van der Waals surface area contributed by atoms with Gasteiger partial charge in [0.15, 0.2) is 5.82 Å². The molecule has 2 heterocycles. The van der Waals surface area contributed by atoms with Gasteiger partial charge in [0.1, 0.15) is 0 Å². The molecule has 178 valence electrons. The minimum absolute atomic E-state index is 0.0392. The number of benzene rings is 2. The Morgan fingerprint density at radius 1 is 1.06 bits per heavy atom. The number of hydrogen-bond acceptors (Lipinski definition) is 4. The molecule has 1 fully saturated rings. The second kappa shape index (κ2) is 8.14. The van der Waals surface area contributed by atoms with Crippen molar-refractivity contribution in [1.29, 1.82) is 0 Å². The van der Waals surface area contributed by atoms with Crippen LogP contribution in [-0.4, -0.2) is 19.3 Å². The molecule has 2 aromatic heterocycles. The van der Waals surface area contributed by atoms with Crippen LogP contribution in [0.2, 0.25) is 0 Å². The van der Waals surface area contributed by atoms with E-state index in [1.54, 1.807) is 24.6 Å². The first-order valence-electron chi connectivity index (χ1n) is 11.5. The summed E-state index contributed by atoms with van der Waals surface area (Å²) in [6, 6.07) is 8.93. The van der Waals surface area contributed by atoms with Crippen molar-refractivity contribution in [1.82, 2.24) is 19.3 Å². The summed E-state index contributed by atoms with van der Waals surface area (Å²) in [4.78, 5) is 13.1. The number of imidazole rings is 1. The van der Waals surface area contributed by atoms with E-state index in [2.05, 4.69) is 15.5 Å². The van der Waals surface area contributed by atoms with E-state index in [1.807, 2.05) is 23.6 Å². The molecule has 9 heteroatoms. The molecule has 0 radical (unpaired) electrons. The van der Waals surface area contributed by atoms with Gasteiger partial charge in [-0.25, -0.2) is 4.79 Å². The third-order valence-electron chi connectivity index (χ3n) is 6.93. The van der Waals surface area contributed by atoms with Crippen LogP contribution >= 0.6 is 0 Å². The summed E-state index contributed by atoms with van der Waals surface area (Å²) < 4.78 is 43.1. The Labute approximate surface area is 194 Å². The number of aryl methyl sites for hydroxylation is 2. The lowest BCUT2D eigenvalue weighted by molar-refractivity contribution is -0.137. The van der Waals surface area contributed by atoms with Gasteiger partial charge >= 0.3 is 11.9 Å². The lowest BCUT2D eigenvalue weighted by atomic mass is 10.0. The molecule has 34 heavy (non-hydrogen) atoms. The van der Waals surface area contributed by atoms with Crippen LogP contribution in [0.25, 0.3) is 21.8 Å². The molecular weight excluding hydrogens is 443 g/mol. The maximum atomic E-state index is 13.2. The second-order valence-electron chi connectivity index (χ2n) is 9.16. The first-order valence-corrected chi connectivity index (χ1v) is 11.5. The summed E-state index contributed by atoms with van der Waals surface area (Å²) in [5.74, 6) is 0.474. The highest BCUT2D eigenvalue weighted by Gasteiger charge is 2.31. The Balaban J connectivity index is 1.62. The molecule has 0 unspecified atom stereocenters. The molecule has 0 saturated heterocycles. The van der Waals surface area contributed by atoms with E-state index in [0.29, 0.717) is 11.4 Å². The average molecular weight is 470 g/mol. The zero-order valence-electron chi connectivity index (χ0n) is 19.3.